The Morgan fingerprint density at radius 2 is 1.88 bits per heavy atom. The van der Waals surface area contributed by atoms with E-state index in [-0.39, 0.29) is 16.5 Å². The molecule has 2 heterocycles. The second-order valence-electron chi connectivity index (χ2n) is 5.23. The summed E-state index contributed by atoms with van der Waals surface area (Å²) >= 11 is 2.18. The van der Waals surface area contributed by atoms with Crippen LogP contribution in [0.2, 0.25) is 0 Å². The van der Waals surface area contributed by atoms with Crippen molar-refractivity contribution in [3.8, 4) is 0 Å². The van der Waals surface area contributed by atoms with Crippen molar-refractivity contribution in [2.24, 2.45) is 0 Å². The number of nitrogens with zero attached hydrogens (tertiary/aromatic N) is 1. The molecular formula is C15H16IN3O4S. The molecule has 0 atom stereocenters. The Labute approximate surface area is 153 Å². The molecule has 9 heteroatoms. The predicted octanol–water partition coefficient (Wildman–Crippen LogP) is 1.89. The molecule has 1 aliphatic heterocycles. The van der Waals surface area contributed by atoms with Crippen molar-refractivity contribution in [1.29, 1.82) is 0 Å². The highest BCUT2D eigenvalue weighted by Gasteiger charge is 2.27. The first-order chi connectivity index (χ1) is 11.5. The summed E-state index contributed by atoms with van der Waals surface area (Å²) in [5.41, 5.74) is 0.841. The molecule has 1 fully saturated rings. The van der Waals surface area contributed by atoms with Gasteiger partial charge in [0.25, 0.3) is 5.91 Å². The van der Waals surface area contributed by atoms with Crippen LogP contribution in [0.3, 0.4) is 0 Å². The first kappa shape index (κ1) is 17.4. The van der Waals surface area contributed by atoms with E-state index in [0.717, 1.165) is 3.57 Å². The highest BCUT2D eigenvalue weighted by Crippen LogP contribution is 2.19. The highest BCUT2D eigenvalue weighted by atomic mass is 127. The molecule has 24 heavy (non-hydrogen) atoms. The van der Waals surface area contributed by atoms with Crippen LogP contribution in [-0.2, 0) is 14.8 Å². The Morgan fingerprint density at radius 3 is 2.54 bits per heavy atom. The van der Waals surface area contributed by atoms with E-state index < -0.39 is 10.0 Å². The van der Waals surface area contributed by atoms with Gasteiger partial charge in [-0.2, -0.15) is 4.31 Å². The van der Waals surface area contributed by atoms with E-state index in [1.165, 1.54) is 16.6 Å². The van der Waals surface area contributed by atoms with E-state index in [0.29, 0.717) is 32.0 Å². The standard InChI is InChI=1S/C15H16IN3O4S/c16-11-1-3-12(4-2-11)18-15(20)14-9-13(10-17-14)24(21,22)19-5-7-23-8-6-19/h1-4,9-10,17H,5-8H2,(H,18,20). The third-order valence-electron chi connectivity index (χ3n) is 3.61. The number of carbonyl (C=O) groups is 1. The van der Waals surface area contributed by atoms with Gasteiger partial charge in [-0.1, -0.05) is 0 Å². The third-order valence-corrected chi connectivity index (χ3v) is 6.21. The van der Waals surface area contributed by atoms with Gasteiger partial charge in [0.05, 0.1) is 13.2 Å². The monoisotopic (exact) mass is 461 g/mol. The minimum atomic E-state index is -3.61. The lowest BCUT2D eigenvalue weighted by molar-refractivity contribution is 0.0730. The minimum Gasteiger partial charge on any atom is -0.379 e. The predicted molar refractivity (Wildman–Crippen MR) is 97.5 cm³/mol. The first-order valence-electron chi connectivity index (χ1n) is 7.30. The van der Waals surface area contributed by atoms with Gasteiger partial charge in [-0.3, -0.25) is 4.79 Å². The molecule has 1 aromatic heterocycles. The van der Waals surface area contributed by atoms with Crippen LogP contribution in [-0.4, -0.2) is 49.9 Å². The number of amides is 1. The number of hydrogen-bond acceptors (Lipinski definition) is 4. The number of anilines is 1. The van der Waals surface area contributed by atoms with E-state index >= 15 is 0 Å². The van der Waals surface area contributed by atoms with Crippen molar-refractivity contribution in [2.45, 2.75) is 4.90 Å². The normalized spacial score (nSPS) is 16.0. The number of ether oxygens (including phenoxy) is 1. The Morgan fingerprint density at radius 1 is 1.21 bits per heavy atom. The lowest BCUT2D eigenvalue weighted by Gasteiger charge is -2.25. The number of carbonyl (C=O) groups excluding carboxylic acids is 1. The quantitative estimate of drug-likeness (QED) is 0.681. The zero-order valence-corrected chi connectivity index (χ0v) is 15.6. The van der Waals surface area contributed by atoms with E-state index in [9.17, 15) is 13.2 Å². The van der Waals surface area contributed by atoms with Gasteiger partial charge in [-0.05, 0) is 52.9 Å². The van der Waals surface area contributed by atoms with Crippen LogP contribution in [0.5, 0.6) is 0 Å². The fourth-order valence-electron chi connectivity index (χ4n) is 2.32. The van der Waals surface area contributed by atoms with E-state index in [1.807, 2.05) is 12.1 Å². The first-order valence-corrected chi connectivity index (χ1v) is 9.82. The third kappa shape index (κ3) is 3.79. The number of H-pyrrole nitrogens is 1. The van der Waals surface area contributed by atoms with Gasteiger partial charge < -0.3 is 15.0 Å². The van der Waals surface area contributed by atoms with Crippen LogP contribution >= 0.6 is 22.6 Å². The molecule has 2 N–H and O–H groups in total. The second-order valence-corrected chi connectivity index (χ2v) is 8.41. The molecule has 128 valence electrons. The smallest absolute Gasteiger partial charge is 0.272 e. The van der Waals surface area contributed by atoms with Crippen LogP contribution in [0.15, 0.2) is 41.4 Å². The SMILES string of the molecule is O=C(Nc1ccc(I)cc1)c1cc(S(=O)(=O)N2CCOCC2)c[nH]1. The summed E-state index contributed by atoms with van der Waals surface area (Å²) < 4.78 is 32.7. The van der Waals surface area contributed by atoms with Crippen LogP contribution in [0.1, 0.15) is 10.5 Å². The number of aromatic nitrogens is 1. The van der Waals surface area contributed by atoms with Crippen LogP contribution < -0.4 is 5.32 Å². The number of sulfonamides is 1. The summed E-state index contributed by atoms with van der Waals surface area (Å²) in [6.07, 6.45) is 1.34. The average Bonchev–Trinajstić information content (AvgIpc) is 3.09. The molecule has 0 spiro atoms. The molecule has 0 radical (unpaired) electrons. The summed E-state index contributed by atoms with van der Waals surface area (Å²) in [5.74, 6) is -0.389. The zero-order valence-electron chi connectivity index (χ0n) is 12.7. The van der Waals surface area contributed by atoms with Crippen molar-refractivity contribution in [2.75, 3.05) is 31.6 Å². The van der Waals surface area contributed by atoms with Gasteiger partial charge in [-0.25, -0.2) is 8.42 Å². The minimum absolute atomic E-state index is 0.0807. The molecule has 3 rings (SSSR count). The molecule has 0 bridgehead atoms. The van der Waals surface area contributed by atoms with E-state index in [4.69, 9.17) is 4.74 Å². The fourth-order valence-corrected chi connectivity index (χ4v) is 4.08. The van der Waals surface area contributed by atoms with Crippen molar-refractivity contribution < 1.29 is 17.9 Å². The topological polar surface area (TPSA) is 91.5 Å². The molecule has 7 nitrogen and oxygen atoms in total. The van der Waals surface area contributed by atoms with Crippen molar-refractivity contribution >= 4 is 44.2 Å². The molecule has 1 aromatic carbocycles. The van der Waals surface area contributed by atoms with Gasteiger partial charge in [0, 0.05) is 28.5 Å². The highest BCUT2D eigenvalue weighted by molar-refractivity contribution is 14.1. The summed E-state index contributed by atoms with van der Waals surface area (Å²) in [6.45, 7) is 1.39. The summed E-state index contributed by atoms with van der Waals surface area (Å²) in [4.78, 5) is 15.1. The Hall–Kier alpha value is -1.43. The van der Waals surface area contributed by atoms with Crippen molar-refractivity contribution in [3.63, 3.8) is 0 Å². The zero-order chi connectivity index (χ0) is 17.2. The molecule has 1 aliphatic rings. The average molecular weight is 461 g/mol. The molecule has 0 saturated carbocycles. The lowest BCUT2D eigenvalue weighted by Crippen LogP contribution is -2.40. The van der Waals surface area contributed by atoms with Gasteiger partial charge in [0.1, 0.15) is 10.6 Å². The maximum absolute atomic E-state index is 12.5. The van der Waals surface area contributed by atoms with Crippen molar-refractivity contribution in [3.05, 3.63) is 45.8 Å². The van der Waals surface area contributed by atoms with E-state index in [1.54, 1.807) is 12.1 Å². The number of hydrogen-bond donors (Lipinski definition) is 2. The number of morpholine rings is 1. The van der Waals surface area contributed by atoms with Gasteiger partial charge >= 0.3 is 0 Å². The van der Waals surface area contributed by atoms with Gasteiger partial charge in [0.15, 0.2) is 0 Å². The number of benzene rings is 1. The molecule has 1 amide bonds. The summed E-state index contributed by atoms with van der Waals surface area (Å²) in [7, 11) is -3.61. The van der Waals surface area contributed by atoms with E-state index in [2.05, 4.69) is 32.9 Å². The number of rotatable bonds is 4. The summed E-state index contributed by atoms with van der Waals surface area (Å²) in [6, 6.07) is 8.67. The molecule has 2 aromatic rings. The largest absolute Gasteiger partial charge is 0.379 e. The van der Waals surface area contributed by atoms with Gasteiger partial charge in [-0.15, -0.1) is 0 Å². The number of nitrogens with one attached hydrogen (secondary N) is 2. The maximum Gasteiger partial charge on any atom is 0.272 e. The maximum atomic E-state index is 12.5. The Bertz CT molecular complexity index is 827. The second kappa shape index (κ2) is 7.21. The molecular weight excluding hydrogens is 445 g/mol. The molecule has 0 aliphatic carbocycles. The van der Waals surface area contributed by atoms with Crippen LogP contribution in [0.25, 0.3) is 0 Å². The van der Waals surface area contributed by atoms with Crippen LogP contribution in [0, 0.1) is 3.57 Å². The molecule has 1 saturated heterocycles. The van der Waals surface area contributed by atoms with Crippen molar-refractivity contribution in [1.82, 2.24) is 9.29 Å². The van der Waals surface area contributed by atoms with Gasteiger partial charge in [0.2, 0.25) is 10.0 Å². The lowest BCUT2D eigenvalue weighted by atomic mass is 10.3. The Kier molecular flexibility index (Phi) is 5.23. The fraction of sp³-hybridized carbons (Fsp3) is 0.267. The Balaban J connectivity index is 1.74. The summed E-state index contributed by atoms with van der Waals surface area (Å²) in [5, 5.41) is 2.73. The number of aromatic amines is 1. The number of halogens is 1. The van der Waals surface area contributed by atoms with Crippen LogP contribution in [0.4, 0.5) is 5.69 Å². The molecule has 0 unspecified atom stereocenters.